The lowest BCUT2D eigenvalue weighted by Crippen LogP contribution is -2.36. The van der Waals surface area contributed by atoms with E-state index in [9.17, 15) is 0 Å². The van der Waals surface area contributed by atoms with Crippen LogP contribution in [0.5, 0.6) is 0 Å². The predicted molar refractivity (Wildman–Crippen MR) is 94.0 cm³/mol. The summed E-state index contributed by atoms with van der Waals surface area (Å²) in [4.78, 5) is 19.4. The second-order valence-corrected chi connectivity index (χ2v) is 6.37. The van der Waals surface area contributed by atoms with Crippen LogP contribution in [0.1, 0.15) is 28.7 Å². The van der Waals surface area contributed by atoms with Crippen molar-refractivity contribution in [3.05, 3.63) is 84.1 Å². The number of hydrogen-bond acceptors (Lipinski definition) is 4. The molecule has 6 heteroatoms. The standard InChI is InChI=1S/C19H18N6/c1-2-8-24-11-15(23-17(24)5-1)12-25-9-6-16-18(22-13-21-16)19(25)14-4-3-7-20-10-14/h1-5,7-8,10-11,13,19H,6,9,12H2,(H,21,22). The molecule has 0 amide bonds. The Kier molecular flexibility index (Phi) is 3.34. The minimum atomic E-state index is 0.105. The highest BCUT2D eigenvalue weighted by Gasteiger charge is 2.31. The third-order valence-electron chi connectivity index (χ3n) is 4.80. The lowest BCUT2D eigenvalue weighted by atomic mass is 9.96. The zero-order valence-electron chi connectivity index (χ0n) is 13.7. The molecule has 0 aromatic carbocycles. The van der Waals surface area contributed by atoms with Gasteiger partial charge in [-0.3, -0.25) is 9.88 Å². The lowest BCUT2D eigenvalue weighted by Gasteiger charge is -2.34. The highest BCUT2D eigenvalue weighted by Crippen LogP contribution is 2.33. The monoisotopic (exact) mass is 330 g/mol. The zero-order valence-corrected chi connectivity index (χ0v) is 13.7. The van der Waals surface area contributed by atoms with Gasteiger partial charge in [-0.15, -0.1) is 0 Å². The van der Waals surface area contributed by atoms with E-state index in [2.05, 4.69) is 36.5 Å². The van der Waals surface area contributed by atoms with Crippen LogP contribution in [0.2, 0.25) is 0 Å². The summed E-state index contributed by atoms with van der Waals surface area (Å²) in [6.07, 6.45) is 10.7. The van der Waals surface area contributed by atoms with Crippen LogP contribution in [0, 0.1) is 0 Å². The molecule has 5 heterocycles. The average molecular weight is 330 g/mol. The molecule has 1 atom stereocenters. The topological polar surface area (TPSA) is 62.1 Å². The fourth-order valence-corrected chi connectivity index (χ4v) is 3.67. The van der Waals surface area contributed by atoms with Crippen molar-refractivity contribution >= 4 is 5.65 Å². The first kappa shape index (κ1) is 14.4. The number of H-pyrrole nitrogens is 1. The largest absolute Gasteiger partial charge is 0.348 e. The Bertz CT molecular complexity index is 970. The summed E-state index contributed by atoms with van der Waals surface area (Å²) in [5.74, 6) is 0. The van der Waals surface area contributed by atoms with Crippen LogP contribution in [-0.4, -0.2) is 35.8 Å². The van der Waals surface area contributed by atoms with Gasteiger partial charge in [0, 0.05) is 50.0 Å². The smallest absolute Gasteiger partial charge is 0.137 e. The van der Waals surface area contributed by atoms with Gasteiger partial charge >= 0.3 is 0 Å². The fourth-order valence-electron chi connectivity index (χ4n) is 3.67. The highest BCUT2D eigenvalue weighted by molar-refractivity contribution is 5.39. The average Bonchev–Trinajstić information content (AvgIpc) is 3.28. The Morgan fingerprint density at radius 3 is 3.08 bits per heavy atom. The second-order valence-electron chi connectivity index (χ2n) is 6.37. The number of pyridine rings is 2. The Balaban J connectivity index is 1.53. The van der Waals surface area contributed by atoms with Gasteiger partial charge in [-0.2, -0.15) is 0 Å². The molecule has 0 aliphatic carbocycles. The summed E-state index contributed by atoms with van der Waals surface area (Å²) < 4.78 is 2.07. The second kappa shape index (κ2) is 5.82. The summed E-state index contributed by atoms with van der Waals surface area (Å²) in [6, 6.07) is 10.3. The molecule has 5 rings (SSSR count). The molecule has 1 unspecified atom stereocenters. The van der Waals surface area contributed by atoms with E-state index < -0.39 is 0 Å². The first-order valence-corrected chi connectivity index (χ1v) is 8.47. The van der Waals surface area contributed by atoms with Crippen molar-refractivity contribution < 1.29 is 0 Å². The molecule has 0 spiro atoms. The molecule has 1 aliphatic heterocycles. The van der Waals surface area contributed by atoms with Gasteiger partial charge in [-0.1, -0.05) is 12.1 Å². The summed E-state index contributed by atoms with van der Waals surface area (Å²) in [5, 5.41) is 0. The molecule has 0 radical (unpaired) electrons. The van der Waals surface area contributed by atoms with Crippen LogP contribution >= 0.6 is 0 Å². The van der Waals surface area contributed by atoms with E-state index in [1.807, 2.05) is 42.9 Å². The van der Waals surface area contributed by atoms with Crippen molar-refractivity contribution in [2.24, 2.45) is 0 Å². The number of nitrogens with zero attached hydrogens (tertiary/aromatic N) is 5. The maximum Gasteiger partial charge on any atom is 0.137 e. The maximum atomic E-state index is 4.76. The minimum Gasteiger partial charge on any atom is -0.348 e. The number of aromatic nitrogens is 5. The molecule has 0 fully saturated rings. The van der Waals surface area contributed by atoms with Gasteiger partial charge < -0.3 is 9.38 Å². The van der Waals surface area contributed by atoms with E-state index in [4.69, 9.17) is 4.98 Å². The van der Waals surface area contributed by atoms with Crippen molar-refractivity contribution in [1.29, 1.82) is 0 Å². The number of aromatic amines is 1. The van der Waals surface area contributed by atoms with Gasteiger partial charge in [0.25, 0.3) is 0 Å². The number of imidazole rings is 2. The van der Waals surface area contributed by atoms with Crippen LogP contribution in [0.3, 0.4) is 0 Å². The number of hydrogen-bond donors (Lipinski definition) is 1. The normalized spacial score (nSPS) is 17.7. The zero-order chi connectivity index (χ0) is 16.6. The molecular formula is C19H18N6. The van der Waals surface area contributed by atoms with Gasteiger partial charge in [0.1, 0.15) is 5.65 Å². The van der Waals surface area contributed by atoms with Crippen molar-refractivity contribution in [3.63, 3.8) is 0 Å². The van der Waals surface area contributed by atoms with Gasteiger partial charge in [-0.25, -0.2) is 9.97 Å². The van der Waals surface area contributed by atoms with E-state index in [0.29, 0.717) is 0 Å². The number of fused-ring (bicyclic) bond motifs is 2. The number of nitrogens with one attached hydrogen (secondary N) is 1. The SMILES string of the molecule is c1cncc(C2c3nc[nH]c3CCN2Cc2cn3ccccc3n2)c1. The van der Waals surface area contributed by atoms with Crippen molar-refractivity contribution in [2.45, 2.75) is 19.0 Å². The molecule has 1 N–H and O–H groups in total. The van der Waals surface area contributed by atoms with Crippen LogP contribution in [0.15, 0.2) is 61.4 Å². The lowest BCUT2D eigenvalue weighted by molar-refractivity contribution is 0.198. The third-order valence-corrected chi connectivity index (χ3v) is 4.80. The Morgan fingerprint density at radius 1 is 1.20 bits per heavy atom. The molecule has 4 aromatic rings. The predicted octanol–water partition coefficient (Wildman–Crippen LogP) is 2.60. The molecule has 0 saturated heterocycles. The Morgan fingerprint density at radius 2 is 2.20 bits per heavy atom. The molecular weight excluding hydrogens is 312 g/mol. The summed E-state index contributed by atoms with van der Waals surface area (Å²) in [7, 11) is 0. The van der Waals surface area contributed by atoms with Crippen LogP contribution in [0.4, 0.5) is 0 Å². The van der Waals surface area contributed by atoms with Gasteiger partial charge in [-0.05, 0) is 23.8 Å². The summed E-state index contributed by atoms with van der Waals surface area (Å²) >= 11 is 0. The van der Waals surface area contributed by atoms with Gasteiger partial charge in [0.2, 0.25) is 0 Å². The van der Waals surface area contributed by atoms with E-state index in [-0.39, 0.29) is 6.04 Å². The molecule has 25 heavy (non-hydrogen) atoms. The van der Waals surface area contributed by atoms with E-state index >= 15 is 0 Å². The minimum absolute atomic E-state index is 0.105. The first-order valence-electron chi connectivity index (χ1n) is 8.47. The van der Waals surface area contributed by atoms with Crippen molar-refractivity contribution in [2.75, 3.05) is 6.54 Å². The van der Waals surface area contributed by atoms with E-state index in [0.717, 1.165) is 36.5 Å². The summed E-state index contributed by atoms with van der Waals surface area (Å²) in [5.41, 5.74) is 5.54. The molecule has 4 aromatic heterocycles. The Labute approximate surface area is 145 Å². The Hall–Kier alpha value is -2.99. The first-order chi connectivity index (χ1) is 12.4. The van der Waals surface area contributed by atoms with Crippen LogP contribution < -0.4 is 0 Å². The van der Waals surface area contributed by atoms with Crippen molar-refractivity contribution in [3.8, 4) is 0 Å². The molecule has 0 bridgehead atoms. The maximum absolute atomic E-state index is 4.76. The van der Waals surface area contributed by atoms with Gasteiger partial charge in [0.05, 0.1) is 23.8 Å². The third kappa shape index (κ3) is 2.51. The molecule has 1 aliphatic rings. The van der Waals surface area contributed by atoms with E-state index in [1.54, 1.807) is 6.33 Å². The highest BCUT2D eigenvalue weighted by atomic mass is 15.2. The molecule has 0 saturated carbocycles. The quantitative estimate of drug-likeness (QED) is 0.627. The van der Waals surface area contributed by atoms with Crippen molar-refractivity contribution in [1.82, 2.24) is 29.2 Å². The van der Waals surface area contributed by atoms with Gasteiger partial charge in [0.15, 0.2) is 0 Å². The summed E-state index contributed by atoms with van der Waals surface area (Å²) in [6.45, 7) is 1.75. The fraction of sp³-hybridized carbons (Fsp3) is 0.211. The molecule has 6 nitrogen and oxygen atoms in total. The van der Waals surface area contributed by atoms with Crippen LogP contribution in [-0.2, 0) is 13.0 Å². The molecule has 124 valence electrons. The van der Waals surface area contributed by atoms with Crippen LogP contribution in [0.25, 0.3) is 5.65 Å². The number of rotatable bonds is 3. The van der Waals surface area contributed by atoms with E-state index in [1.165, 1.54) is 11.3 Å².